The van der Waals surface area contributed by atoms with Crippen LogP contribution in [0.1, 0.15) is 11.1 Å². The molecular weight excluding hydrogens is 240 g/mol. The smallest absolute Gasteiger partial charge is 0.244 e. The summed E-state index contributed by atoms with van der Waals surface area (Å²) in [5.41, 5.74) is 7.84. The average molecular weight is 258 g/mol. The van der Waals surface area contributed by atoms with Crippen molar-refractivity contribution in [3.8, 4) is 0 Å². The van der Waals surface area contributed by atoms with Crippen molar-refractivity contribution in [1.29, 1.82) is 0 Å². The first-order valence-corrected chi connectivity index (χ1v) is 6.13. The number of carbonyl (C=O) groups is 1. The SMILES string of the molecule is Cc1ccc(CN(C)C(=O)Cn2ccc(N)n2)cc1. The average Bonchev–Trinajstić information content (AvgIpc) is 2.77. The molecule has 0 fully saturated rings. The van der Waals surface area contributed by atoms with Crippen LogP contribution in [0.3, 0.4) is 0 Å². The van der Waals surface area contributed by atoms with Gasteiger partial charge in [-0.3, -0.25) is 9.48 Å². The van der Waals surface area contributed by atoms with E-state index in [0.717, 1.165) is 5.56 Å². The van der Waals surface area contributed by atoms with E-state index in [1.807, 2.05) is 31.2 Å². The van der Waals surface area contributed by atoms with Crippen molar-refractivity contribution in [3.05, 3.63) is 47.7 Å². The second-order valence-corrected chi connectivity index (χ2v) is 4.67. The van der Waals surface area contributed by atoms with Gasteiger partial charge in [0.1, 0.15) is 12.4 Å². The number of aromatic nitrogens is 2. The zero-order valence-electron chi connectivity index (χ0n) is 11.2. The van der Waals surface area contributed by atoms with Crippen LogP contribution in [0.2, 0.25) is 0 Å². The van der Waals surface area contributed by atoms with Gasteiger partial charge in [0.05, 0.1) is 0 Å². The molecule has 0 atom stereocenters. The number of nitrogens with two attached hydrogens (primary N) is 1. The van der Waals surface area contributed by atoms with E-state index in [-0.39, 0.29) is 12.5 Å². The Hall–Kier alpha value is -2.30. The van der Waals surface area contributed by atoms with Gasteiger partial charge in [0.25, 0.3) is 0 Å². The molecule has 19 heavy (non-hydrogen) atoms. The lowest BCUT2D eigenvalue weighted by atomic mass is 10.1. The molecule has 0 aliphatic heterocycles. The van der Waals surface area contributed by atoms with E-state index in [2.05, 4.69) is 5.10 Å². The summed E-state index contributed by atoms with van der Waals surface area (Å²) in [6, 6.07) is 9.83. The van der Waals surface area contributed by atoms with Gasteiger partial charge in [-0.1, -0.05) is 29.8 Å². The molecule has 1 aromatic heterocycles. The van der Waals surface area contributed by atoms with Gasteiger partial charge >= 0.3 is 0 Å². The maximum Gasteiger partial charge on any atom is 0.244 e. The van der Waals surface area contributed by atoms with Crippen LogP contribution in [0, 0.1) is 6.92 Å². The van der Waals surface area contributed by atoms with Gasteiger partial charge in [-0.2, -0.15) is 5.10 Å². The summed E-state index contributed by atoms with van der Waals surface area (Å²) in [4.78, 5) is 13.7. The number of aryl methyl sites for hydroxylation is 1. The Morgan fingerprint density at radius 3 is 2.58 bits per heavy atom. The molecule has 0 saturated carbocycles. The Bertz CT molecular complexity index is 559. The maximum absolute atomic E-state index is 12.0. The molecule has 2 N–H and O–H groups in total. The van der Waals surface area contributed by atoms with E-state index < -0.39 is 0 Å². The lowest BCUT2D eigenvalue weighted by Crippen LogP contribution is -2.29. The van der Waals surface area contributed by atoms with Gasteiger partial charge in [-0.05, 0) is 18.6 Å². The molecule has 1 aromatic carbocycles. The summed E-state index contributed by atoms with van der Waals surface area (Å²) in [6.45, 7) is 2.84. The first-order chi connectivity index (χ1) is 9.04. The summed E-state index contributed by atoms with van der Waals surface area (Å²) in [7, 11) is 1.79. The minimum absolute atomic E-state index is 0.00340. The van der Waals surface area contributed by atoms with Crippen molar-refractivity contribution >= 4 is 11.7 Å². The molecule has 0 unspecified atom stereocenters. The summed E-state index contributed by atoms with van der Waals surface area (Å²) >= 11 is 0. The second kappa shape index (κ2) is 5.56. The van der Waals surface area contributed by atoms with Crippen LogP contribution in [0.15, 0.2) is 36.5 Å². The Morgan fingerprint density at radius 2 is 2.00 bits per heavy atom. The van der Waals surface area contributed by atoms with E-state index in [4.69, 9.17) is 5.73 Å². The predicted octanol–water partition coefficient (Wildman–Crippen LogP) is 1.43. The number of carbonyl (C=O) groups excluding carboxylic acids is 1. The Balaban J connectivity index is 1.94. The molecule has 0 aliphatic rings. The maximum atomic E-state index is 12.0. The largest absolute Gasteiger partial charge is 0.382 e. The van der Waals surface area contributed by atoms with Crippen molar-refractivity contribution in [1.82, 2.24) is 14.7 Å². The van der Waals surface area contributed by atoms with E-state index in [0.29, 0.717) is 12.4 Å². The highest BCUT2D eigenvalue weighted by Gasteiger charge is 2.10. The molecule has 0 spiro atoms. The number of nitrogens with zero attached hydrogens (tertiary/aromatic N) is 3. The quantitative estimate of drug-likeness (QED) is 0.902. The number of nitrogen functional groups attached to an aromatic ring is 1. The minimum atomic E-state index is 0.00340. The Kier molecular flexibility index (Phi) is 3.85. The third kappa shape index (κ3) is 3.58. The highest BCUT2D eigenvalue weighted by Crippen LogP contribution is 2.06. The van der Waals surface area contributed by atoms with E-state index in [1.165, 1.54) is 5.56 Å². The second-order valence-electron chi connectivity index (χ2n) is 4.67. The molecule has 1 heterocycles. The summed E-state index contributed by atoms with van der Waals surface area (Å²) in [5.74, 6) is 0.428. The van der Waals surface area contributed by atoms with E-state index in [9.17, 15) is 4.79 Å². The number of rotatable bonds is 4. The van der Waals surface area contributed by atoms with Gasteiger partial charge in [0.15, 0.2) is 0 Å². The molecule has 0 radical (unpaired) electrons. The summed E-state index contributed by atoms with van der Waals surface area (Å²) in [6.07, 6.45) is 1.70. The fourth-order valence-electron chi connectivity index (χ4n) is 1.78. The topological polar surface area (TPSA) is 64.2 Å². The van der Waals surface area contributed by atoms with E-state index >= 15 is 0 Å². The molecular formula is C14H18N4O. The first-order valence-electron chi connectivity index (χ1n) is 6.13. The predicted molar refractivity (Wildman–Crippen MR) is 74.3 cm³/mol. The van der Waals surface area contributed by atoms with Crippen molar-refractivity contribution < 1.29 is 4.79 Å². The fraction of sp³-hybridized carbons (Fsp3) is 0.286. The highest BCUT2D eigenvalue weighted by molar-refractivity contribution is 5.75. The van der Waals surface area contributed by atoms with Crippen molar-refractivity contribution in [2.45, 2.75) is 20.0 Å². The summed E-state index contributed by atoms with van der Waals surface area (Å²) < 4.78 is 1.54. The fourth-order valence-corrected chi connectivity index (χ4v) is 1.78. The van der Waals surface area contributed by atoms with Gasteiger partial charge in [0.2, 0.25) is 5.91 Å². The van der Waals surface area contributed by atoms with Crippen LogP contribution < -0.4 is 5.73 Å². The standard InChI is InChI=1S/C14H18N4O/c1-11-3-5-12(6-4-11)9-17(2)14(19)10-18-8-7-13(15)16-18/h3-8H,9-10H2,1-2H3,(H2,15,16). The van der Waals surface area contributed by atoms with Gasteiger partial charge in [0, 0.05) is 19.8 Å². The molecule has 5 nitrogen and oxygen atoms in total. The van der Waals surface area contributed by atoms with Crippen molar-refractivity contribution in [2.24, 2.45) is 0 Å². The molecule has 2 rings (SSSR count). The van der Waals surface area contributed by atoms with Crippen molar-refractivity contribution in [3.63, 3.8) is 0 Å². The van der Waals surface area contributed by atoms with Crippen molar-refractivity contribution in [2.75, 3.05) is 12.8 Å². The molecule has 1 amide bonds. The van der Waals surface area contributed by atoms with Crippen LogP contribution >= 0.6 is 0 Å². The third-order valence-corrected chi connectivity index (χ3v) is 2.92. The Morgan fingerprint density at radius 1 is 1.32 bits per heavy atom. The molecule has 0 aliphatic carbocycles. The van der Waals surface area contributed by atoms with Crippen LogP contribution in [0.5, 0.6) is 0 Å². The van der Waals surface area contributed by atoms with Crippen LogP contribution in [-0.2, 0) is 17.9 Å². The first kappa shape index (κ1) is 13.1. The van der Waals surface area contributed by atoms with Gasteiger partial charge in [-0.15, -0.1) is 0 Å². The minimum Gasteiger partial charge on any atom is -0.382 e. The molecule has 5 heteroatoms. The van der Waals surface area contributed by atoms with Crippen LogP contribution in [0.25, 0.3) is 0 Å². The van der Waals surface area contributed by atoms with Gasteiger partial charge < -0.3 is 10.6 Å². The number of benzene rings is 1. The summed E-state index contributed by atoms with van der Waals surface area (Å²) in [5, 5.41) is 4.00. The zero-order valence-corrected chi connectivity index (χ0v) is 11.2. The number of hydrogen-bond donors (Lipinski definition) is 1. The molecule has 0 bridgehead atoms. The number of amides is 1. The highest BCUT2D eigenvalue weighted by atomic mass is 16.2. The number of anilines is 1. The number of likely N-dealkylation sites (N-methyl/N-ethyl adjacent to an activating group) is 1. The van der Waals surface area contributed by atoms with E-state index in [1.54, 1.807) is 28.9 Å². The van der Waals surface area contributed by atoms with Crippen LogP contribution in [0.4, 0.5) is 5.82 Å². The molecule has 100 valence electrons. The zero-order chi connectivity index (χ0) is 13.8. The Labute approximate surface area is 112 Å². The third-order valence-electron chi connectivity index (χ3n) is 2.92. The van der Waals surface area contributed by atoms with Gasteiger partial charge in [-0.25, -0.2) is 0 Å². The number of hydrogen-bond acceptors (Lipinski definition) is 3. The molecule has 0 saturated heterocycles. The normalized spacial score (nSPS) is 10.4. The molecule has 2 aromatic rings. The lowest BCUT2D eigenvalue weighted by molar-refractivity contribution is -0.131. The monoisotopic (exact) mass is 258 g/mol. The van der Waals surface area contributed by atoms with Crippen LogP contribution in [-0.4, -0.2) is 27.6 Å². The lowest BCUT2D eigenvalue weighted by Gasteiger charge is -2.17.